The van der Waals surface area contributed by atoms with Crippen LogP contribution in [0.4, 0.5) is 0 Å². The number of allylic oxidation sites excluding steroid dienone is 1. The molecule has 3 heterocycles. The first-order valence-electron chi connectivity index (χ1n) is 4.01. The highest BCUT2D eigenvalue weighted by Gasteiger charge is 2.19. The van der Waals surface area contributed by atoms with E-state index >= 15 is 0 Å². The molecule has 0 N–H and O–H groups in total. The number of hydrogen-bond acceptors (Lipinski definition) is 2. The van der Waals surface area contributed by atoms with Gasteiger partial charge in [-0.05, 0) is 12.1 Å². The molecule has 0 aromatic carbocycles. The van der Waals surface area contributed by atoms with E-state index in [9.17, 15) is 0 Å². The molecule has 60 valence electrons. The van der Waals surface area contributed by atoms with Crippen molar-refractivity contribution in [2.24, 2.45) is 5.16 Å². The predicted octanol–water partition coefficient (Wildman–Crippen LogP) is 1.62. The molecule has 0 aliphatic carbocycles. The Morgan fingerprint density at radius 1 is 1.42 bits per heavy atom. The number of hydrogen-bond donors (Lipinski definition) is 0. The summed E-state index contributed by atoms with van der Waals surface area (Å²) in [7, 11) is 0. The molecule has 0 saturated carbocycles. The minimum Gasteiger partial charge on any atom is -0.360 e. The van der Waals surface area contributed by atoms with Crippen LogP contribution in [0.25, 0.3) is 6.20 Å². The van der Waals surface area contributed by atoms with E-state index in [2.05, 4.69) is 15.8 Å². The molecule has 0 amide bonds. The number of oxime groups is 1. The summed E-state index contributed by atoms with van der Waals surface area (Å²) in [5.74, 6) is 0.944. The number of aromatic nitrogens is 1. The van der Waals surface area contributed by atoms with Gasteiger partial charge in [0, 0.05) is 18.3 Å². The van der Waals surface area contributed by atoms with E-state index < -0.39 is 0 Å². The van der Waals surface area contributed by atoms with Crippen molar-refractivity contribution in [3.8, 4) is 0 Å². The molecule has 3 nitrogen and oxygen atoms in total. The Morgan fingerprint density at radius 3 is 3.42 bits per heavy atom. The van der Waals surface area contributed by atoms with Gasteiger partial charge in [-0.15, -0.1) is 0 Å². The average molecular weight is 160 g/mol. The Morgan fingerprint density at radius 2 is 2.42 bits per heavy atom. The van der Waals surface area contributed by atoms with E-state index in [0.29, 0.717) is 0 Å². The van der Waals surface area contributed by atoms with Gasteiger partial charge < -0.3 is 9.40 Å². The lowest BCUT2D eigenvalue weighted by atomic mass is 10.2. The molecule has 1 aromatic heterocycles. The van der Waals surface area contributed by atoms with E-state index in [1.807, 2.05) is 18.5 Å². The molecular weight excluding hydrogens is 152 g/mol. The van der Waals surface area contributed by atoms with E-state index in [1.54, 1.807) is 0 Å². The first-order chi connectivity index (χ1) is 5.92. The lowest BCUT2D eigenvalue weighted by Crippen LogP contribution is -2.00. The van der Waals surface area contributed by atoms with E-state index in [4.69, 9.17) is 4.84 Å². The van der Waals surface area contributed by atoms with Crippen molar-refractivity contribution < 1.29 is 4.84 Å². The first-order valence-corrected chi connectivity index (χ1v) is 4.01. The first kappa shape index (κ1) is 6.06. The summed E-state index contributed by atoms with van der Waals surface area (Å²) in [6.07, 6.45) is 5.82. The van der Waals surface area contributed by atoms with Crippen molar-refractivity contribution in [3.05, 3.63) is 29.8 Å². The highest BCUT2D eigenvalue weighted by Crippen LogP contribution is 2.22. The van der Waals surface area contributed by atoms with Crippen LogP contribution in [0.1, 0.15) is 12.1 Å². The minimum absolute atomic E-state index is 0.877. The molecule has 3 heteroatoms. The van der Waals surface area contributed by atoms with E-state index in [1.165, 1.54) is 5.69 Å². The molecule has 2 bridgehead atoms. The van der Waals surface area contributed by atoms with Gasteiger partial charge in [-0.2, -0.15) is 0 Å². The third-order valence-electron chi connectivity index (χ3n) is 2.21. The summed E-state index contributed by atoms with van der Waals surface area (Å²) in [6, 6.07) is 4.15. The Balaban J connectivity index is 2.20. The summed E-state index contributed by atoms with van der Waals surface area (Å²) < 4.78 is 2.09. The zero-order valence-electron chi connectivity index (χ0n) is 6.53. The average Bonchev–Trinajstić information content (AvgIpc) is 2.59. The van der Waals surface area contributed by atoms with Crippen LogP contribution < -0.4 is 0 Å². The van der Waals surface area contributed by atoms with Crippen LogP contribution in [0.3, 0.4) is 0 Å². The maximum Gasteiger partial charge on any atom is 0.157 e. The van der Waals surface area contributed by atoms with Crippen LogP contribution in [-0.2, 0) is 11.3 Å². The van der Waals surface area contributed by atoms with Gasteiger partial charge in [-0.3, -0.25) is 0 Å². The maximum absolute atomic E-state index is 5.11. The quantitative estimate of drug-likeness (QED) is 0.566. The zero-order chi connectivity index (χ0) is 7.97. The van der Waals surface area contributed by atoms with Crippen LogP contribution in [0, 0.1) is 0 Å². The van der Waals surface area contributed by atoms with Crippen LogP contribution in [0.5, 0.6) is 0 Å². The summed E-state index contributed by atoms with van der Waals surface area (Å²) in [6.45, 7) is 0. The fourth-order valence-corrected chi connectivity index (χ4v) is 1.62. The lowest BCUT2D eigenvalue weighted by molar-refractivity contribution is 0.246. The standard InChI is InChI=1S/C9H8N2O/c1-2-8-4-7-5-9(12-10-7)6-11(8)3-1/h1-3,6H,4-5H2. The molecule has 0 fully saturated rings. The second-order valence-corrected chi connectivity index (χ2v) is 3.10. The van der Waals surface area contributed by atoms with Crippen molar-refractivity contribution in [1.29, 1.82) is 0 Å². The Kier molecular flexibility index (Phi) is 1.01. The van der Waals surface area contributed by atoms with Crippen LogP contribution in [-0.4, -0.2) is 10.3 Å². The number of fused-ring (bicyclic) bond motifs is 3. The molecule has 0 atom stereocenters. The molecule has 0 spiro atoms. The Hall–Kier alpha value is -1.51. The third kappa shape index (κ3) is 0.733. The normalized spacial score (nSPS) is 19.0. The minimum atomic E-state index is 0.877. The Labute approximate surface area is 69.9 Å². The van der Waals surface area contributed by atoms with Crippen molar-refractivity contribution in [2.75, 3.05) is 0 Å². The van der Waals surface area contributed by atoms with Crippen molar-refractivity contribution >= 4 is 11.9 Å². The second-order valence-electron chi connectivity index (χ2n) is 3.10. The van der Waals surface area contributed by atoms with Gasteiger partial charge in [0.05, 0.1) is 18.3 Å². The van der Waals surface area contributed by atoms with Gasteiger partial charge in [0.15, 0.2) is 5.76 Å². The van der Waals surface area contributed by atoms with Gasteiger partial charge in [-0.25, -0.2) is 0 Å². The summed E-state index contributed by atoms with van der Waals surface area (Å²) >= 11 is 0. The van der Waals surface area contributed by atoms with Gasteiger partial charge in [0.1, 0.15) is 0 Å². The van der Waals surface area contributed by atoms with Gasteiger partial charge in [0.25, 0.3) is 0 Å². The van der Waals surface area contributed by atoms with Crippen molar-refractivity contribution in [1.82, 2.24) is 4.57 Å². The van der Waals surface area contributed by atoms with Crippen molar-refractivity contribution in [3.63, 3.8) is 0 Å². The topological polar surface area (TPSA) is 26.5 Å². The molecule has 3 rings (SSSR count). The fraction of sp³-hybridized carbons (Fsp3) is 0.222. The largest absolute Gasteiger partial charge is 0.360 e. The number of rotatable bonds is 0. The monoisotopic (exact) mass is 160 g/mol. The molecular formula is C9H8N2O. The maximum atomic E-state index is 5.11. The molecule has 0 unspecified atom stereocenters. The predicted molar refractivity (Wildman–Crippen MR) is 45.5 cm³/mol. The van der Waals surface area contributed by atoms with Crippen LogP contribution >= 0.6 is 0 Å². The highest BCUT2D eigenvalue weighted by atomic mass is 16.6. The summed E-state index contributed by atoms with van der Waals surface area (Å²) in [5.41, 5.74) is 2.41. The molecule has 1 aromatic rings. The number of nitrogens with zero attached hydrogens (tertiary/aromatic N) is 2. The summed E-state index contributed by atoms with van der Waals surface area (Å²) in [4.78, 5) is 5.11. The SMILES string of the molecule is C1=C2CC(=NO2)Cc2cccn21. The molecule has 0 radical (unpaired) electrons. The summed E-state index contributed by atoms with van der Waals surface area (Å²) in [5, 5.41) is 3.97. The fourth-order valence-electron chi connectivity index (χ4n) is 1.62. The van der Waals surface area contributed by atoms with Gasteiger partial charge in [0.2, 0.25) is 0 Å². The molecule has 0 saturated heterocycles. The zero-order valence-corrected chi connectivity index (χ0v) is 6.53. The Bertz CT molecular complexity index is 387. The molecule has 2 aliphatic heterocycles. The highest BCUT2D eigenvalue weighted by molar-refractivity contribution is 5.90. The van der Waals surface area contributed by atoms with Crippen molar-refractivity contribution in [2.45, 2.75) is 12.8 Å². The molecule has 2 aliphatic rings. The van der Waals surface area contributed by atoms with E-state index in [-0.39, 0.29) is 0 Å². The van der Waals surface area contributed by atoms with E-state index in [0.717, 1.165) is 24.3 Å². The molecule has 12 heavy (non-hydrogen) atoms. The van der Waals surface area contributed by atoms with Gasteiger partial charge in [-0.1, -0.05) is 5.16 Å². The third-order valence-corrected chi connectivity index (χ3v) is 2.21. The second kappa shape index (κ2) is 2.00. The van der Waals surface area contributed by atoms with Gasteiger partial charge >= 0.3 is 0 Å². The lowest BCUT2D eigenvalue weighted by Gasteiger charge is -2.01. The van der Waals surface area contributed by atoms with Crippen LogP contribution in [0.15, 0.2) is 29.2 Å². The van der Waals surface area contributed by atoms with Crippen LogP contribution in [0.2, 0.25) is 0 Å². The smallest absolute Gasteiger partial charge is 0.157 e.